The fourth-order valence-electron chi connectivity index (χ4n) is 3.81. The smallest absolute Gasteiger partial charge is 0.169 e. The first-order valence-corrected chi connectivity index (χ1v) is 10.3. The van der Waals surface area contributed by atoms with Crippen LogP contribution in [0, 0.1) is 0 Å². The molecular weight excluding hydrogens is 327 g/mol. The largest absolute Gasteiger partial charge is 0.452 e. The lowest BCUT2D eigenvalue weighted by Gasteiger charge is -2.17. The fourth-order valence-corrected chi connectivity index (χ4v) is 5.19. The minimum atomic E-state index is -2.75. The fraction of sp³-hybridized carbons (Fsp3) is 0.0455. The first-order valence-electron chi connectivity index (χ1n) is 8.30. The van der Waals surface area contributed by atoms with Crippen molar-refractivity contribution in [3.05, 3.63) is 78.4 Å². The molecule has 0 aliphatic carbocycles. The topological polar surface area (TPSA) is 29.5 Å². The van der Waals surface area contributed by atoms with E-state index < -0.39 is 7.34 Å². The molecule has 1 aliphatic rings. The van der Waals surface area contributed by atoms with Gasteiger partial charge in [0.1, 0.15) is 5.75 Å². The summed E-state index contributed by atoms with van der Waals surface area (Å²) in [6.45, 7) is 0. The highest BCUT2D eigenvalue weighted by molar-refractivity contribution is 7.63. The third-order valence-electron chi connectivity index (χ3n) is 4.84. The zero-order chi connectivity index (χ0) is 17.0. The zero-order valence-corrected chi connectivity index (χ0v) is 14.5. The Labute approximate surface area is 146 Å². The number of hydrogen-bond donors (Lipinski definition) is 1. The van der Waals surface area contributed by atoms with Gasteiger partial charge in [0.05, 0.1) is 0 Å². The van der Waals surface area contributed by atoms with Crippen molar-refractivity contribution in [2.24, 2.45) is 0 Å². The van der Waals surface area contributed by atoms with Crippen molar-refractivity contribution in [3.63, 3.8) is 0 Å². The summed E-state index contributed by atoms with van der Waals surface area (Å²) >= 11 is 0. The van der Waals surface area contributed by atoms with Crippen LogP contribution in [0.5, 0.6) is 5.75 Å². The van der Waals surface area contributed by atoms with E-state index in [1.807, 2.05) is 24.3 Å². The van der Waals surface area contributed by atoms with Gasteiger partial charge in [-0.3, -0.25) is 0 Å². The molecule has 5 rings (SSSR count). The molecule has 1 unspecified atom stereocenters. The summed E-state index contributed by atoms with van der Waals surface area (Å²) in [7, 11) is -2.75. The predicted octanol–water partition coefficient (Wildman–Crippen LogP) is 5.82. The van der Waals surface area contributed by atoms with E-state index in [0.29, 0.717) is 6.16 Å². The van der Waals surface area contributed by atoms with Crippen molar-refractivity contribution in [3.8, 4) is 16.9 Å². The van der Waals surface area contributed by atoms with Crippen LogP contribution in [0.3, 0.4) is 0 Å². The lowest BCUT2D eigenvalue weighted by atomic mass is 9.90. The Balaban J connectivity index is 2.02. The second-order valence-corrected chi connectivity index (χ2v) is 8.77. The lowest BCUT2D eigenvalue weighted by molar-refractivity contribution is 0.482. The van der Waals surface area contributed by atoms with Crippen molar-refractivity contribution in [2.45, 2.75) is 6.16 Å². The first kappa shape index (κ1) is 14.8. The molecule has 4 aromatic rings. The highest BCUT2D eigenvalue weighted by atomic mass is 31.2. The lowest BCUT2D eigenvalue weighted by Crippen LogP contribution is -1.94. The van der Waals surface area contributed by atoms with E-state index in [0.717, 1.165) is 33.2 Å². The van der Waals surface area contributed by atoms with Gasteiger partial charge in [-0.1, -0.05) is 66.7 Å². The quantitative estimate of drug-likeness (QED) is 0.407. The molecule has 0 fully saturated rings. The molecule has 0 amide bonds. The molecular formula is C22H17O2P. The van der Waals surface area contributed by atoms with E-state index in [2.05, 4.69) is 54.8 Å². The highest BCUT2D eigenvalue weighted by Gasteiger charge is 2.26. The van der Waals surface area contributed by atoms with Gasteiger partial charge in [-0.15, -0.1) is 0 Å². The van der Waals surface area contributed by atoms with Crippen molar-refractivity contribution >= 4 is 35.2 Å². The summed E-state index contributed by atoms with van der Waals surface area (Å²) < 4.78 is 6.04. The van der Waals surface area contributed by atoms with Gasteiger partial charge in [0.15, 0.2) is 7.34 Å². The molecule has 4 aromatic carbocycles. The van der Waals surface area contributed by atoms with Crippen molar-refractivity contribution in [1.82, 2.24) is 0 Å². The van der Waals surface area contributed by atoms with Gasteiger partial charge in [0, 0.05) is 11.7 Å². The summed E-state index contributed by atoms with van der Waals surface area (Å²) in [5, 5.41) is 4.67. The van der Waals surface area contributed by atoms with Gasteiger partial charge in [-0.2, -0.15) is 0 Å². The van der Waals surface area contributed by atoms with Gasteiger partial charge in [-0.05, 0) is 45.0 Å². The van der Waals surface area contributed by atoms with Gasteiger partial charge in [0.25, 0.3) is 0 Å². The number of benzene rings is 4. The predicted molar refractivity (Wildman–Crippen MR) is 107 cm³/mol. The molecule has 2 nitrogen and oxygen atoms in total. The van der Waals surface area contributed by atoms with E-state index in [1.54, 1.807) is 0 Å². The third-order valence-corrected chi connectivity index (χ3v) is 6.21. The van der Waals surface area contributed by atoms with Crippen LogP contribution in [-0.2, 0) is 6.16 Å². The molecule has 1 N–H and O–H groups in total. The minimum Gasteiger partial charge on any atom is -0.452 e. The zero-order valence-electron chi connectivity index (χ0n) is 13.6. The van der Waals surface area contributed by atoms with E-state index in [9.17, 15) is 4.89 Å². The van der Waals surface area contributed by atoms with Crippen LogP contribution in [0.15, 0.2) is 72.8 Å². The molecule has 1 atom stereocenters. The maximum Gasteiger partial charge on any atom is 0.169 e. The molecule has 0 radical (unpaired) electrons. The third kappa shape index (κ3) is 2.30. The first-order chi connectivity index (χ1) is 12.1. The summed E-state index contributed by atoms with van der Waals surface area (Å²) in [4.78, 5) is 10.8. The number of hydrogen-bond acceptors (Lipinski definition) is 2. The molecule has 1 aliphatic heterocycles. The van der Waals surface area contributed by atoms with Crippen LogP contribution in [-0.4, -0.2) is 11.2 Å². The molecule has 0 saturated heterocycles. The van der Waals surface area contributed by atoms with Crippen LogP contribution >= 0.6 is 7.34 Å². The Kier molecular flexibility index (Phi) is 3.09. The SMILES string of the molecule is C=P1(O)Cc2ccc3ccccc3c2-c2c(ccc3ccccc23)O1. The van der Waals surface area contributed by atoms with Crippen LogP contribution in [0.1, 0.15) is 5.56 Å². The van der Waals surface area contributed by atoms with Crippen molar-refractivity contribution < 1.29 is 9.42 Å². The van der Waals surface area contributed by atoms with Gasteiger partial charge in [0.2, 0.25) is 0 Å². The summed E-state index contributed by atoms with van der Waals surface area (Å²) in [5.41, 5.74) is 3.31. The van der Waals surface area contributed by atoms with Crippen molar-refractivity contribution in [1.29, 1.82) is 0 Å². The van der Waals surface area contributed by atoms with E-state index in [-0.39, 0.29) is 0 Å². The Morgan fingerprint density at radius 1 is 0.760 bits per heavy atom. The molecule has 0 aromatic heterocycles. The van der Waals surface area contributed by atoms with Gasteiger partial charge >= 0.3 is 0 Å². The number of fused-ring (bicyclic) bond motifs is 7. The van der Waals surface area contributed by atoms with E-state index in [1.165, 1.54) is 10.8 Å². The second-order valence-electron chi connectivity index (χ2n) is 6.58. The minimum absolute atomic E-state index is 0.455. The van der Waals surface area contributed by atoms with E-state index >= 15 is 0 Å². The average molecular weight is 344 g/mol. The molecule has 1 heterocycles. The molecule has 122 valence electrons. The molecule has 0 spiro atoms. The maximum absolute atomic E-state index is 10.8. The Bertz CT molecular complexity index is 1100. The average Bonchev–Trinajstić information content (AvgIpc) is 2.73. The van der Waals surface area contributed by atoms with E-state index in [4.69, 9.17) is 4.52 Å². The van der Waals surface area contributed by atoms with Crippen LogP contribution in [0.4, 0.5) is 0 Å². The summed E-state index contributed by atoms with van der Waals surface area (Å²) in [5.74, 6) is 0.722. The van der Waals surface area contributed by atoms with Gasteiger partial charge < -0.3 is 9.42 Å². The van der Waals surface area contributed by atoms with Crippen LogP contribution in [0.25, 0.3) is 32.7 Å². The van der Waals surface area contributed by atoms with Gasteiger partial charge in [-0.25, -0.2) is 0 Å². The standard InChI is InChI=1S/C22H17O2P/c1-25(23)14-17-11-10-15-6-2-4-8-18(15)21(17)22-19-9-5-3-7-16(19)12-13-20(22)24-25/h2-13,23H,1,14H2. The molecule has 25 heavy (non-hydrogen) atoms. The summed E-state index contributed by atoms with van der Waals surface area (Å²) in [6.07, 6.45) is 4.45. The normalized spacial score (nSPS) is 19.1. The second kappa shape index (κ2) is 5.23. The van der Waals surface area contributed by atoms with Crippen molar-refractivity contribution in [2.75, 3.05) is 0 Å². The molecule has 3 heteroatoms. The van der Waals surface area contributed by atoms with Crippen LogP contribution in [0.2, 0.25) is 0 Å². The Morgan fingerprint density at radius 3 is 2.08 bits per heavy atom. The number of rotatable bonds is 0. The van der Waals surface area contributed by atoms with Crippen LogP contribution < -0.4 is 4.52 Å². The Hall–Kier alpha value is -2.54. The maximum atomic E-state index is 10.8. The monoisotopic (exact) mass is 344 g/mol. The highest BCUT2D eigenvalue weighted by Crippen LogP contribution is 2.55. The molecule has 0 bridgehead atoms. The Morgan fingerprint density at radius 2 is 1.36 bits per heavy atom. The molecule has 0 saturated carbocycles. The summed E-state index contributed by atoms with van der Waals surface area (Å²) in [6, 6.07) is 24.9.